The van der Waals surface area contributed by atoms with Crippen LogP contribution in [0.1, 0.15) is 11.4 Å². The zero-order chi connectivity index (χ0) is 15.2. The number of carbonyl (C=O) groups is 1. The lowest BCUT2D eigenvalue weighted by Gasteiger charge is -2.11. The Morgan fingerprint density at radius 2 is 2.00 bits per heavy atom. The highest BCUT2D eigenvalue weighted by molar-refractivity contribution is 6.35. The zero-order valence-corrected chi connectivity index (χ0v) is 12.2. The second-order valence-electron chi connectivity index (χ2n) is 3.93. The molecule has 1 N–H and O–H groups in total. The van der Waals surface area contributed by atoms with Crippen molar-refractivity contribution >= 4 is 35.2 Å². The average Bonchev–Trinajstić information content (AvgIpc) is 2.45. The van der Waals surface area contributed by atoms with Crippen LogP contribution in [0.15, 0.2) is 36.7 Å². The second-order valence-corrected chi connectivity index (χ2v) is 4.77. The van der Waals surface area contributed by atoms with Gasteiger partial charge in [0, 0.05) is 29.1 Å². The Bertz CT molecular complexity index is 675. The lowest BCUT2D eigenvalue weighted by atomic mass is 10.2. The van der Waals surface area contributed by atoms with Crippen molar-refractivity contribution in [2.75, 3.05) is 0 Å². The Hall–Kier alpha value is -2.11. The summed E-state index contributed by atoms with van der Waals surface area (Å²) < 4.78 is 5.58. The molecule has 0 fully saturated rings. The summed E-state index contributed by atoms with van der Waals surface area (Å²) in [6.07, 6.45) is 5.54. The molecule has 0 unspecified atom stereocenters. The number of ether oxygens (including phenoxy) is 1. The van der Waals surface area contributed by atoms with Gasteiger partial charge < -0.3 is 9.84 Å². The summed E-state index contributed by atoms with van der Waals surface area (Å²) in [6.45, 7) is 0.107. The van der Waals surface area contributed by atoms with E-state index >= 15 is 0 Å². The average molecular weight is 325 g/mol. The minimum absolute atomic E-state index is 0.107. The van der Waals surface area contributed by atoms with Crippen LogP contribution in [-0.2, 0) is 11.4 Å². The predicted octanol–water partition coefficient (Wildman–Crippen LogP) is 3.46. The van der Waals surface area contributed by atoms with Crippen molar-refractivity contribution in [2.45, 2.75) is 6.61 Å². The molecule has 21 heavy (non-hydrogen) atoms. The first-order chi connectivity index (χ1) is 10.1. The van der Waals surface area contributed by atoms with Gasteiger partial charge in [0.15, 0.2) is 5.82 Å². The van der Waals surface area contributed by atoms with Gasteiger partial charge in [-0.05, 0) is 24.3 Å². The molecule has 2 rings (SSSR count). The van der Waals surface area contributed by atoms with Crippen LogP contribution in [-0.4, -0.2) is 21.0 Å². The Kier molecular flexibility index (Phi) is 5.14. The van der Waals surface area contributed by atoms with Crippen LogP contribution < -0.4 is 4.74 Å². The van der Waals surface area contributed by atoms with Gasteiger partial charge in [-0.15, -0.1) is 0 Å². The molecule has 7 heteroatoms. The number of carboxylic acid groups (broad SMARTS) is 1. The van der Waals surface area contributed by atoms with Crippen LogP contribution in [0.3, 0.4) is 0 Å². The van der Waals surface area contributed by atoms with Gasteiger partial charge in [-0.25, -0.2) is 14.8 Å². The van der Waals surface area contributed by atoms with Gasteiger partial charge in [0.05, 0.1) is 5.02 Å². The number of hydrogen-bond donors (Lipinski definition) is 1. The van der Waals surface area contributed by atoms with Gasteiger partial charge in [-0.3, -0.25) is 0 Å². The minimum atomic E-state index is -1.08. The normalized spacial score (nSPS) is 10.8. The van der Waals surface area contributed by atoms with Gasteiger partial charge in [-0.1, -0.05) is 23.2 Å². The van der Waals surface area contributed by atoms with E-state index in [-0.39, 0.29) is 11.6 Å². The third-order valence-corrected chi connectivity index (χ3v) is 2.91. The Balaban J connectivity index is 2.26. The molecule has 1 heterocycles. The van der Waals surface area contributed by atoms with Crippen LogP contribution in [0.25, 0.3) is 6.08 Å². The number of benzene rings is 1. The Labute approximate surface area is 130 Å². The number of aromatic nitrogens is 2. The van der Waals surface area contributed by atoms with E-state index < -0.39 is 5.97 Å². The summed E-state index contributed by atoms with van der Waals surface area (Å²) in [7, 11) is 0. The van der Waals surface area contributed by atoms with Crippen LogP contribution in [0.2, 0.25) is 10.0 Å². The third-order valence-electron chi connectivity index (χ3n) is 2.41. The smallest absolute Gasteiger partial charge is 0.328 e. The first kappa shape index (κ1) is 15.3. The molecule has 0 saturated heterocycles. The van der Waals surface area contributed by atoms with Crippen molar-refractivity contribution in [2.24, 2.45) is 0 Å². The van der Waals surface area contributed by atoms with Crippen molar-refractivity contribution in [3.8, 4) is 5.75 Å². The van der Waals surface area contributed by atoms with E-state index in [1.54, 1.807) is 24.5 Å². The Morgan fingerprint density at radius 1 is 1.29 bits per heavy atom. The van der Waals surface area contributed by atoms with E-state index in [1.807, 2.05) is 0 Å². The summed E-state index contributed by atoms with van der Waals surface area (Å²) in [5, 5.41) is 9.36. The fourth-order valence-electron chi connectivity index (χ4n) is 1.56. The van der Waals surface area contributed by atoms with Crippen molar-refractivity contribution in [1.82, 2.24) is 9.97 Å². The maximum absolute atomic E-state index is 10.6. The predicted molar refractivity (Wildman–Crippen MR) is 79.5 cm³/mol. The Morgan fingerprint density at radius 3 is 2.67 bits per heavy atom. The van der Waals surface area contributed by atoms with Gasteiger partial charge in [0.25, 0.3) is 0 Å². The molecule has 0 spiro atoms. The van der Waals surface area contributed by atoms with Crippen LogP contribution in [0, 0.1) is 0 Å². The number of rotatable bonds is 5. The quantitative estimate of drug-likeness (QED) is 0.852. The molecule has 1 aromatic heterocycles. The van der Waals surface area contributed by atoms with Gasteiger partial charge in [0.2, 0.25) is 0 Å². The zero-order valence-electron chi connectivity index (χ0n) is 10.7. The summed E-state index contributed by atoms with van der Waals surface area (Å²) in [5.41, 5.74) is 0.464. The standard InChI is InChI=1S/C14H10Cl2N2O3/c15-10-6-9(2-3-13(19)20)14(11(16)7-10)21-8-12-17-4-1-5-18-12/h1-7H,8H2,(H,19,20). The molecular formula is C14H10Cl2N2O3. The van der Waals surface area contributed by atoms with Gasteiger partial charge >= 0.3 is 5.97 Å². The SMILES string of the molecule is O=C(O)C=Cc1cc(Cl)cc(Cl)c1OCc1ncccn1. The maximum Gasteiger partial charge on any atom is 0.328 e. The van der Waals surface area contributed by atoms with E-state index in [0.29, 0.717) is 22.2 Å². The van der Waals surface area contributed by atoms with Crippen LogP contribution >= 0.6 is 23.2 Å². The summed E-state index contributed by atoms with van der Waals surface area (Å²) in [5.74, 6) is -0.272. The molecule has 0 aliphatic rings. The van der Waals surface area contributed by atoms with E-state index in [0.717, 1.165) is 6.08 Å². The summed E-state index contributed by atoms with van der Waals surface area (Å²) >= 11 is 12.0. The molecule has 0 amide bonds. The molecule has 0 radical (unpaired) electrons. The molecule has 0 saturated carbocycles. The first-order valence-electron chi connectivity index (χ1n) is 5.85. The molecule has 0 bridgehead atoms. The minimum Gasteiger partial charge on any atom is -0.483 e. The molecule has 0 aliphatic heterocycles. The second kappa shape index (κ2) is 7.06. The van der Waals surface area contributed by atoms with E-state index in [2.05, 4.69) is 9.97 Å². The monoisotopic (exact) mass is 324 g/mol. The highest BCUT2D eigenvalue weighted by Crippen LogP contribution is 2.33. The molecule has 1 aromatic carbocycles. The highest BCUT2D eigenvalue weighted by atomic mass is 35.5. The first-order valence-corrected chi connectivity index (χ1v) is 6.60. The number of carboxylic acids is 1. The van der Waals surface area contributed by atoms with E-state index in [1.165, 1.54) is 12.1 Å². The van der Waals surface area contributed by atoms with Gasteiger partial charge in [0.1, 0.15) is 12.4 Å². The highest BCUT2D eigenvalue weighted by Gasteiger charge is 2.10. The molecule has 2 aromatic rings. The lowest BCUT2D eigenvalue weighted by Crippen LogP contribution is -2.02. The molecular weight excluding hydrogens is 315 g/mol. The third kappa shape index (κ3) is 4.44. The number of nitrogens with zero attached hydrogens (tertiary/aromatic N) is 2. The lowest BCUT2D eigenvalue weighted by molar-refractivity contribution is -0.131. The number of aliphatic carboxylic acids is 1. The van der Waals surface area contributed by atoms with E-state index in [9.17, 15) is 4.79 Å². The number of halogens is 2. The molecule has 0 atom stereocenters. The van der Waals surface area contributed by atoms with E-state index in [4.69, 9.17) is 33.0 Å². The maximum atomic E-state index is 10.6. The fourth-order valence-corrected chi connectivity index (χ4v) is 2.12. The molecule has 108 valence electrons. The summed E-state index contributed by atoms with van der Waals surface area (Å²) in [4.78, 5) is 18.7. The topological polar surface area (TPSA) is 72.3 Å². The fraction of sp³-hybridized carbons (Fsp3) is 0.0714. The van der Waals surface area contributed by atoms with Crippen molar-refractivity contribution in [1.29, 1.82) is 0 Å². The van der Waals surface area contributed by atoms with Crippen LogP contribution in [0.5, 0.6) is 5.75 Å². The summed E-state index contributed by atoms with van der Waals surface area (Å²) in [6, 6.07) is 4.77. The number of hydrogen-bond acceptors (Lipinski definition) is 4. The molecule has 5 nitrogen and oxygen atoms in total. The largest absolute Gasteiger partial charge is 0.483 e. The van der Waals surface area contributed by atoms with Crippen molar-refractivity contribution < 1.29 is 14.6 Å². The molecule has 0 aliphatic carbocycles. The van der Waals surface area contributed by atoms with Gasteiger partial charge in [-0.2, -0.15) is 0 Å². The van der Waals surface area contributed by atoms with Crippen LogP contribution in [0.4, 0.5) is 0 Å². The van der Waals surface area contributed by atoms with Crippen molar-refractivity contribution in [3.05, 3.63) is 58.1 Å². The van der Waals surface area contributed by atoms with Crippen molar-refractivity contribution in [3.63, 3.8) is 0 Å².